The topological polar surface area (TPSA) is 68.1 Å². The minimum absolute atomic E-state index is 0.508. The number of nitro benzene ring substituents is 1. The molecule has 2 rings (SSSR count). The summed E-state index contributed by atoms with van der Waals surface area (Å²) >= 11 is 1.57. The van der Waals surface area contributed by atoms with Crippen LogP contribution in [0.4, 0.5) is 15.8 Å². The van der Waals surface area contributed by atoms with Crippen LogP contribution >= 0.6 is 11.3 Å². The molecule has 7 heteroatoms. The molecule has 19 heavy (non-hydrogen) atoms. The highest BCUT2D eigenvalue weighted by Crippen LogP contribution is 2.23. The van der Waals surface area contributed by atoms with Crippen molar-refractivity contribution >= 4 is 22.7 Å². The lowest BCUT2D eigenvalue weighted by molar-refractivity contribution is -0.387. The molecule has 0 bridgehead atoms. The van der Waals surface area contributed by atoms with E-state index < -0.39 is 16.4 Å². The molecule has 1 heterocycles. The summed E-state index contributed by atoms with van der Waals surface area (Å²) < 4.78 is 13.4. The molecule has 5 nitrogen and oxygen atoms in total. The second kappa shape index (κ2) is 5.31. The fourth-order valence-electron chi connectivity index (χ4n) is 1.68. The van der Waals surface area contributed by atoms with Crippen LogP contribution in [0.2, 0.25) is 0 Å². The van der Waals surface area contributed by atoms with Crippen LogP contribution in [0.3, 0.4) is 0 Å². The van der Waals surface area contributed by atoms with Crippen molar-refractivity contribution in [3.8, 4) is 0 Å². The first-order valence-corrected chi connectivity index (χ1v) is 6.39. The lowest BCUT2D eigenvalue weighted by Gasteiger charge is -2.05. The summed E-state index contributed by atoms with van der Waals surface area (Å²) in [5.41, 5.74) is 0.932. The van der Waals surface area contributed by atoms with Gasteiger partial charge in [0, 0.05) is 22.7 Å². The summed E-state index contributed by atoms with van der Waals surface area (Å²) in [6, 6.07) is 3.77. The third-order valence-electron chi connectivity index (χ3n) is 2.60. The molecule has 100 valence electrons. The van der Waals surface area contributed by atoms with E-state index in [0.717, 1.165) is 27.7 Å². The number of benzene rings is 1. The molecule has 0 amide bonds. The zero-order valence-electron chi connectivity index (χ0n) is 10.4. The second-order valence-corrected chi connectivity index (χ2v) is 5.31. The molecule has 0 fully saturated rings. The number of nitrogens with one attached hydrogen (secondary N) is 1. The molecular weight excluding hydrogens is 269 g/mol. The van der Waals surface area contributed by atoms with Gasteiger partial charge in [-0.05, 0) is 19.9 Å². The van der Waals surface area contributed by atoms with Crippen molar-refractivity contribution in [3.63, 3.8) is 0 Å². The standard InChI is InChI=1S/C12H12FN3O2S/c1-7-12(19-8(2)15-7)6-14-9-3-4-11(16(17)18)10(13)5-9/h3-5,14H,6H2,1-2H3. The maximum absolute atomic E-state index is 13.4. The number of anilines is 1. The number of thiazole rings is 1. The minimum Gasteiger partial charge on any atom is -0.380 e. The van der Waals surface area contributed by atoms with Crippen LogP contribution in [0.5, 0.6) is 0 Å². The SMILES string of the molecule is Cc1nc(C)c(CNc2ccc([N+](=O)[O-])c(F)c2)s1. The summed E-state index contributed by atoms with van der Waals surface area (Å²) in [5.74, 6) is -0.841. The smallest absolute Gasteiger partial charge is 0.304 e. The van der Waals surface area contributed by atoms with Gasteiger partial charge in [0.2, 0.25) is 5.82 Å². The Morgan fingerprint density at radius 3 is 2.74 bits per heavy atom. The lowest BCUT2D eigenvalue weighted by atomic mass is 10.2. The number of rotatable bonds is 4. The maximum Gasteiger partial charge on any atom is 0.304 e. The zero-order valence-corrected chi connectivity index (χ0v) is 11.3. The molecule has 0 atom stereocenters. The van der Waals surface area contributed by atoms with Gasteiger partial charge in [-0.1, -0.05) is 0 Å². The first kappa shape index (κ1) is 13.4. The monoisotopic (exact) mass is 281 g/mol. The largest absolute Gasteiger partial charge is 0.380 e. The van der Waals surface area contributed by atoms with Crippen molar-refractivity contribution in [2.45, 2.75) is 20.4 Å². The normalized spacial score (nSPS) is 10.5. The van der Waals surface area contributed by atoms with E-state index in [-0.39, 0.29) is 0 Å². The van der Waals surface area contributed by atoms with Gasteiger partial charge in [-0.3, -0.25) is 10.1 Å². The Morgan fingerprint density at radius 2 is 2.21 bits per heavy atom. The number of nitro groups is 1. The lowest BCUT2D eigenvalue weighted by Crippen LogP contribution is -2.00. The Morgan fingerprint density at radius 1 is 1.47 bits per heavy atom. The minimum atomic E-state index is -0.841. The molecule has 2 aromatic rings. The van der Waals surface area contributed by atoms with Gasteiger partial charge in [0.25, 0.3) is 0 Å². The van der Waals surface area contributed by atoms with E-state index in [9.17, 15) is 14.5 Å². The van der Waals surface area contributed by atoms with E-state index >= 15 is 0 Å². The Bertz CT molecular complexity index is 627. The number of halogens is 1. The Balaban J connectivity index is 2.10. The molecule has 1 aromatic carbocycles. The highest BCUT2D eigenvalue weighted by atomic mass is 32.1. The molecule has 0 spiro atoms. The van der Waals surface area contributed by atoms with Gasteiger partial charge in [-0.2, -0.15) is 4.39 Å². The van der Waals surface area contributed by atoms with Crippen LogP contribution in [0, 0.1) is 29.8 Å². The first-order chi connectivity index (χ1) is 8.97. The molecule has 0 unspecified atom stereocenters. The van der Waals surface area contributed by atoms with Crippen molar-refractivity contribution < 1.29 is 9.31 Å². The summed E-state index contributed by atoms with van der Waals surface area (Å²) in [6.07, 6.45) is 0. The van der Waals surface area contributed by atoms with Crippen molar-refractivity contribution in [2.24, 2.45) is 0 Å². The van der Waals surface area contributed by atoms with E-state index in [4.69, 9.17) is 0 Å². The van der Waals surface area contributed by atoms with Crippen LogP contribution in [0.25, 0.3) is 0 Å². The van der Waals surface area contributed by atoms with Gasteiger partial charge in [0.05, 0.1) is 22.2 Å². The highest BCUT2D eigenvalue weighted by molar-refractivity contribution is 7.11. The molecule has 1 aromatic heterocycles. The third-order valence-corrected chi connectivity index (χ3v) is 3.67. The Kier molecular flexibility index (Phi) is 3.75. The van der Waals surface area contributed by atoms with Crippen LogP contribution < -0.4 is 5.32 Å². The molecule has 0 radical (unpaired) electrons. The van der Waals surface area contributed by atoms with E-state index in [2.05, 4.69) is 10.3 Å². The quantitative estimate of drug-likeness (QED) is 0.688. The average Bonchev–Trinajstić information content (AvgIpc) is 2.65. The van der Waals surface area contributed by atoms with Gasteiger partial charge >= 0.3 is 5.69 Å². The van der Waals surface area contributed by atoms with Gasteiger partial charge in [0.1, 0.15) is 0 Å². The second-order valence-electron chi connectivity index (χ2n) is 4.02. The summed E-state index contributed by atoms with van der Waals surface area (Å²) in [4.78, 5) is 15.1. The van der Waals surface area contributed by atoms with Gasteiger partial charge in [0.15, 0.2) is 0 Å². The molecule has 0 aliphatic heterocycles. The van der Waals surface area contributed by atoms with E-state index in [1.165, 1.54) is 6.07 Å². The number of aromatic nitrogens is 1. The molecular formula is C12H12FN3O2S. The summed E-state index contributed by atoms with van der Waals surface area (Å²) in [5, 5.41) is 14.5. The number of hydrogen-bond acceptors (Lipinski definition) is 5. The van der Waals surface area contributed by atoms with Crippen LogP contribution in [0.1, 0.15) is 15.6 Å². The zero-order chi connectivity index (χ0) is 14.0. The molecule has 0 saturated heterocycles. The van der Waals surface area contributed by atoms with Crippen molar-refractivity contribution in [2.75, 3.05) is 5.32 Å². The predicted molar refractivity (Wildman–Crippen MR) is 72.0 cm³/mol. The first-order valence-electron chi connectivity index (χ1n) is 5.58. The highest BCUT2D eigenvalue weighted by Gasteiger charge is 2.13. The van der Waals surface area contributed by atoms with Crippen molar-refractivity contribution in [1.82, 2.24) is 4.98 Å². The fourth-order valence-corrected chi connectivity index (χ4v) is 2.56. The summed E-state index contributed by atoms with van der Waals surface area (Å²) in [7, 11) is 0. The Labute approximate surface area is 113 Å². The number of nitrogens with zero attached hydrogens (tertiary/aromatic N) is 2. The van der Waals surface area contributed by atoms with E-state index in [0.29, 0.717) is 12.2 Å². The molecule has 0 aliphatic rings. The van der Waals surface area contributed by atoms with Crippen LogP contribution in [0.15, 0.2) is 18.2 Å². The predicted octanol–water partition coefficient (Wildman–Crippen LogP) is 3.42. The molecule has 1 N–H and O–H groups in total. The van der Waals surface area contributed by atoms with E-state index in [1.54, 1.807) is 11.3 Å². The fraction of sp³-hybridized carbons (Fsp3) is 0.250. The average molecular weight is 281 g/mol. The Hall–Kier alpha value is -2.02. The van der Waals surface area contributed by atoms with Gasteiger partial charge in [-0.15, -0.1) is 11.3 Å². The van der Waals surface area contributed by atoms with Crippen LogP contribution in [-0.2, 0) is 6.54 Å². The third kappa shape index (κ3) is 3.05. The maximum atomic E-state index is 13.4. The van der Waals surface area contributed by atoms with Crippen LogP contribution in [-0.4, -0.2) is 9.91 Å². The molecule has 0 saturated carbocycles. The van der Waals surface area contributed by atoms with Crippen molar-refractivity contribution in [3.05, 3.63) is 49.7 Å². The number of hydrogen-bond donors (Lipinski definition) is 1. The number of aryl methyl sites for hydroxylation is 2. The van der Waals surface area contributed by atoms with Gasteiger partial charge in [-0.25, -0.2) is 4.98 Å². The summed E-state index contributed by atoms with van der Waals surface area (Å²) in [6.45, 7) is 4.36. The van der Waals surface area contributed by atoms with E-state index in [1.807, 2.05) is 13.8 Å². The van der Waals surface area contributed by atoms with Gasteiger partial charge < -0.3 is 5.32 Å². The molecule has 0 aliphatic carbocycles. The van der Waals surface area contributed by atoms with Crippen molar-refractivity contribution in [1.29, 1.82) is 0 Å².